The molecule has 4 rings (SSSR count). The normalized spacial score (nSPS) is 44.2. The van der Waals surface area contributed by atoms with E-state index in [1.54, 1.807) is 5.57 Å². The molecule has 1 nitrogen and oxygen atoms in total. The number of unbranched alkanes of at least 4 members (excludes halogenated alkanes) is 1. The first kappa shape index (κ1) is 20.0. The van der Waals surface area contributed by atoms with Gasteiger partial charge < -0.3 is 5.11 Å². The van der Waals surface area contributed by atoms with E-state index < -0.39 is 0 Å². The number of fused-ring (bicyclic) bond motifs is 4. The van der Waals surface area contributed by atoms with Crippen molar-refractivity contribution in [1.29, 1.82) is 0 Å². The number of rotatable bonds is 5. The van der Waals surface area contributed by atoms with Gasteiger partial charge in [0, 0.05) is 0 Å². The van der Waals surface area contributed by atoms with E-state index in [0.717, 1.165) is 48.3 Å². The average Bonchev–Trinajstić information content (AvgIpc) is 2.96. The fourth-order valence-electron chi connectivity index (χ4n) is 8.04. The highest BCUT2D eigenvalue weighted by Gasteiger charge is 2.55. The molecule has 0 aromatic rings. The van der Waals surface area contributed by atoms with Gasteiger partial charge in [0.05, 0.1) is 6.10 Å². The minimum Gasteiger partial charge on any atom is -0.393 e. The summed E-state index contributed by atoms with van der Waals surface area (Å²) in [6.07, 6.45) is 16.3. The number of aliphatic hydroxyl groups excluding tert-OH is 1. The number of hydrogen-bond acceptors (Lipinski definition) is 1. The first-order valence-corrected chi connectivity index (χ1v) is 12.3. The summed E-state index contributed by atoms with van der Waals surface area (Å²) in [4.78, 5) is 0. The van der Waals surface area contributed by atoms with Crippen LogP contribution in [-0.4, -0.2) is 11.2 Å². The Bertz CT molecular complexity index is 561. The average molecular weight is 373 g/mol. The molecule has 0 spiro atoms. The lowest BCUT2D eigenvalue weighted by atomic mass is 9.51. The molecule has 0 saturated heterocycles. The Labute approximate surface area is 168 Å². The molecule has 1 N–H and O–H groups in total. The summed E-state index contributed by atoms with van der Waals surface area (Å²) in [5.74, 6) is 5.40. The highest BCUT2D eigenvalue weighted by Crippen LogP contribution is 2.64. The molecule has 4 aliphatic rings. The first-order valence-electron chi connectivity index (χ1n) is 12.3. The maximum Gasteiger partial charge on any atom is 0.0580 e. The Balaban J connectivity index is 1.46. The van der Waals surface area contributed by atoms with E-state index in [4.69, 9.17) is 0 Å². The molecule has 27 heavy (non-hydrogen) atoms. The molecule has 6 unspecified atom stereocenters. The lowest BCUT2D eigenvalue weighted by Crippen LogP contribution is -2.45. The van der Waals surface area contributed by atoms with Gasteiger partial charge in [-0.25, -0.2) is 0 Å². The summed E-state index contributed by atoms with van der Waals surface area (Å²) in [5, 5.41) is 10.2. The van der Waals surface area contributed by atoms with E-state index in [2.05, 4.69) is 27.7 Å². The second-order valence-electron chi connectivity index (χ2n) is 11.5. The molecule has 4 aliphatic carbocycles. The second-order valence-corrected chi connectivity index (χ2v) is 11.5. The van der Waals surface area contributed by atoms with Gasteiger partial charge in [0.2, 0.25) is 0 Å². The lowest BCUT2D eigenvalue weighted by Gasteiger charge is -2.54. The van der Waals surface area contributed by atoms with E-state index in [1.165, 1.54) is 64.2 Å². The van der Waals surface area contributed by atoms with E-state index in [1.807, 2.05) is 5.57 Å². The zero-order valence-electron chi connectivity index (χ0n) is 18.5. The number of aliphatic hydroxyl groups is 1. The van der Waals surface area contributed by atoms with Gasteiger partial charge in [-0.2, -0.15) is 0 Å². The molecule has 0 aliphatic heterocycles. The highest BCUT2D eigenvalue weighted by atomic mass is 16.3. The first-order chi connectivity index (χ1) is 12.9. The smallest absolute Gasteiger partial charge is 0.0580 e. The molecule has 0 bridgehead atoms. The minimum atomic E-state index is -0.0571. The molecule has 154 valence electrons. The van der Waals surface area contributed by atoms with Crippen molar-refractivity contribution < 1.29 is 5.11 Å². The van der Waals surface area contributed by atoms with Gasteiger partial charge in [-0.05, 0) is 98.7 Å². The Hall–Kier alpha value is -0.300. The summed E-state index contributed by atoms with van der Waals surface area (Å²) in [5.41, 5.74) is 4.14. The number of allylic oxidation sites excluding steroid dienone is 1. The van der Waals surface area contributed by atoms with Crippen molar-refractivity contribution in [2.45, 2.75) is 111 Å². The molecule has 2 fully saturated rings. The lowest BCUT2D eigenvalue weighted by molar-refractivity contribution is 0.000922. The maximum atomic E-state index is 10.2. The molecular formula is C26H44O. The molecule has 0 radical (unpaired) electrons. The Morgan fingerprint density at radius 2 is 1.89 bits per heavy atom. The van der Waals surface area contributed by atoms with Crippen molar-refractivity contribution in [2.75, 3.05) is 0 Å². The van der Waals surface area contributed by atoms with Gasteiger partial charge in [0.25, 0.3) is 0 Å². The van der Waals surface area contributed by atoms with Crippen LogP contribution in [0.5, 0.6) is 0 Å². The summed E-state index contributed by atoms with van der Waals surface area (Å²) in [6.45, 7) is 9.89. The van der Waals surface area contributed by atoms with E-state index >= 15 is 0 Å². The van der Waals surface area contributed by atoms with Gasteiger partial charge in [-0.3, -0.25) is 0 Å². The molecule has 1 heteroatoms. The van der Waals surface area contributed by atoms with Crippen molar-refractivity contribution >= 4 is 0 Å². The fraction of sp³-hybridized carbons (Fsp3) is 0.923. The molecule has 0 aromatic carbocycles. The third-order valence-electron chi connectivity index (χ3n) is 9.50. The molecular weight excluding hydrogens is 328 g/mol. The monoisotopic (exact) mass is 372 g/mol. The van der Waals surface area contributed by atoms with Crippen molar-refractivity contribution in [1.82, 2.24) is 0 Å². The van der Waals surface area contributed by atoms with Crippen LogP contribution in [0.4, 0.5) is 0 Å². The minimum absolute atomic E-state index is 0.0571. The predicted molar refractivity (Wildman–Crippen MR) is 115 cm³/mol. The fourth-order valence-corrected chi connectivity index (χ4v) is 8.04. The molecule has 2 saturated carbocycles. The summed E-state index contributed by atoms with van der Waals surface area (Å²) < 4.78 is 0. The van der Waals surface area contributed by atoms with Crippen LogP contribution in [-0.2, 0) is 0 Å². The Morgan fingerprint density at radius 3 is 2.67 bits per heavy atom. The Morgan fingerprint density at radius 1 is 1.07 bits per heavy atom. The van der Waals surface area contributed by atoms with Gasteiger partial charge in [-0.15, -0.1) is 0 Å². The SMILES string of the molecule is CC(C)CCCC[C@H]1CCC2C3CC(C)C4=C(CCC(O)C4)C3CCC21C. The summed E-state index contributed by atoms with van der Waals surface area (Å²) >= 11 is 0. The van der Waals surface area contributed by atoms with Crippen LogP contribution in [0.15, 0.2) is 11.1 Å². The topological polar surface area (TPSA) is 20.2 Å². The van der Waals surface area contributed by atoms with E-state index in [0.29, 0.717) is 5.41 Å². The van der Waals surface area contributed by atoms with Crippen LogP contribution in [0.2, 0.25) is 0 Å². The van der Waals surface area contributed by atoms with Crippen LogP contribution < -0.4 is 0 Å². The van der Waals surface area contributed by atoms with Crippen LogP contribution in [0.1, 0.15) is 105 Å². The largest absolute Gasteiger partial charge is 0.393 e. The van der Waals surface area contributed by atoms with Gasteiger partial charge in [0.15, 0.2) is 0 Å². The van der Waals surface area contributed by atoms with Gasteiger partial charge >= 0.3 is 0 Å². The van der Waals surface area contributed by atoms with Crippen molar-refractivity contribution in [3.05, 3.63) is 11.1 Å². The van der Waals surface area contributed by atoms with Gasteiger partial charge in [0.1, 0.15) is 0 Å². The maximum absolute atomic E-state index is 10.2. The predicted octanol–water partition coefficient (Wildman–Crippen LogP) is 7.14. The summed E-state index contributed by atoms with van der Waals surface area (Å²) in [6, 6.07) is 0. The van der Waals surface area contributed by atoms with Crippen LogP contribution in [0.3, 0.4) is 0 Å². The quantitative estimate of drug-likeness (QED) is 0.401. The van der Waals surface area contributed by atoms with Crippen molar-refractivity contribution in [3.8, 4) is 0 Å². The van der Waals surface area contributed by atoms with Crippen molar-refractivity contribution in [3.63, 3.8) is 0 Å². The highest BCUT2D eigenvalue weighted by molar-refractivity contribution is 5.29. The number of hydrogen-bond donors (Lipinski definition) is 1. The van der Waals surface area contributed by atoms with Crippen LogP contribution in [0, 0.1) is 40.9 Å². The third kappa shape index (κ3) is 3.67. The molecule has 7 atom stereocenters. The standard InChI is InChI=1S/C26H44O/c1-17(2)7-5-6-8-19-9-12-25-24-15-18(3)23-16-20(27)10-11-21(23)22(24)13-14-26(19,25)4/h17-20,22,24-25,27H,5-16H2,1-4H3/t18?,19-,20?,22?,24?,25?,26?/m0/s1. The molecule has 0 amide bonds. The third-order valence-corrected chi connectivity index (χ3v) is 9.50. The summed E-state index contributed by atoms with van der Waals surface area (Å²) in [7, 11) is 0. The van der Waals surface area contributed by atoms with Crippen LogP contribution in [0.25, 0.3) is 0 Å². The van der Waals surface area contributed by atoms with Gasteiger partial charge in [-0.1, -0.05) is 58.1 Å². The zero-order valence-corrected chi connectivity index (χ0v) is 18.5. The van der Waals surface area contributed by atoms with Crippen molar-refractivity contribution in [2.24, 2.45) is 40.9 Å². The van der Waals surface area contributed by atoms with E-state index in [9.17, 15) is 5.11 Å². The Kier molecular flexibility index (Phi) is 5.81. The van der Waals surface area contributed by atoms with E-state index in [-0.39, 0.29) is 6.10 Å². The van der Waals surface area contributed by atoms with Crippen LogP contribution >= 0.6 is 0 Å². The second kappa shape index (κ2) is 7.85. The zero-order chi connectivity index (χ0) is 19.2. The molecule has 0 heterocycles. The molecule has 0 aromatic heterocycles.